The second-order valence-corrected chi connectivity index (χ2v) is 3.84. The number of anilines is 1. The van der Waals surface area contributed by atoms with Gasteiger partial charge in [-0.05, 0) is 13.0 Å². The third-order valence-corrected chi connectivity index (χ3v) is 2.40. The van der Waals surface area contributed by atoms with E-state index in [4.69, 9.17) is 16.3 Å². The van der Waals surface area contributed by atoms with E-state index in [0.29, 0.717) is 18.0 Å². The summed E-state index contributed by atoms with van der Waals surface area (Å²) in [5, 5.41) is 2.80. The Morgan fingerprint density at radius 2 is 2.06 bits per heavy atom. The standard InChI is InChI=1S/C12H14ClNO4/c1-4-18-11-6-10(14-7(2)15)9(13)5-8(11)12(16)17-3/h5-6H,4H2,1-3H3,(H,14,15). The van der Waals surface area contributed by atoms with Gasteiger partial charge in [0.15, 0.2) is 0 Å². The predicted octanol–water partition coefficient (Wildman–Crippen LogP) is 2.48. The Kier molecular flexibility index (Phi) is 4.97. The van der Waals surface area contributed by atoms with Gasteiger partial charge in [0.2, 0.25) is 5.91 Å². The zero-order chi connectivity index (χ0) is 13.7. The molecule has 0 bridgehead atoms. The molecule has 0 saturated heterocycles. The second kappa shape index (κ2) is 6.26. The number of carbonyl (C=O) groups is 2. The Morgan fingerprint density at radius 1 is 1.39 bits per heavy atom. The van der Waals surface area contributed by atoms with Gasteiger partial charge in [-0.15, -0.1) is 0 Å². The molecule has 0 atom stereocenters. The van der Waals surface area contributed by atoms with Crippen LogP contribution in [0.5, 0.6) is 5.75 Å². The van der Waals surface area contributed by atoms with Gasteiger partial charge in [-0.2, -0.15) is 0 Å². The summed E-state index contributed by atoms with van der Waals surface area (Å²) in [6.07, 6.45) is 0. The van der Waals surface area contributed by atoms with Gasteiger partial charge in [0, 0.05) is 13.0 Å². The molecule has 6 heteroatoms. The quantitative estimate of drug-likeness (QED) is 0.855. The van der Waals surface area contributed by atoms with Crippen molar-refractivity contribution in [2.45, 2.75) is 13.8 Å². The molecule has 1 aromatic carbocycles. The summed E-state index contributed by atoms with van der Waals surface area (Å²) < 4.78 is 9.96. The fraction of sp³-hybridized carbons (Fsp3) is 0.333. The Hall–Kier alpha value is -1.75. The molecule has 1 aromatic rings. The Balaban J connectivity index is 3.24. The van der Waals surface area contributed by atoms with Gasteiger partial charge in [0.25, 0.3) is 0 Å². The molecule has 1 rings (SSSR count). The first kappa shape index (κ1) is 14.3. The van der Waals surface area contributed by atoms with Crippen LogP contribution in [0, 0.1) is 0 Å². The lowest BCUT2D eigenvalue weighted by molar-refractivity contribution is -0.114. The molecular formula is C12H14ClNO4. The maximum absolute atomic E-state index is 11.5. The molecule has 1 amide bonds. The molecule has 0 aromatic heterocycles. The number of nitrogens with one attached hydrogen (secondary N) is 1. The van der Waals surface area contributed by atoms with Crippen molar-refractivity contribution in [1.29, 1.82) is 0 Å². The first-order valence-corrected chi connectivity index (χ1v) is 5.69. The van der Waals surface area contributed by atoms with E-state index in [0.717, 1.165) is 0 Å². The van der Waals surface area contributed by atoms with Crippen LogP contribution in [0.15, 0.2) is 12.1 Å². The lowest BCUT2D eigenvalue weighted by Crippen LogP contribution is -2.10. The highest BCUT2D eigenvalue weighted by Gasteiger charge is 2.17. The number of carbonyl (C=O) groups excluding carboxylic acids is 2. The topological polar surface area (TPSA) is 64.6 Å². The lowest BCUT2D eigenvalue weighted by atomic mass is 10.1. The van der Waals surface area contributed by atoms with Gasteiger partial charge in [-0.3, -0.25) is 4.79 Å². The van der Waals surface area contributed by atoms with Crippen molar-refractivity contribution in [2.24, 2.45) is 0 Å². The van der Waals surface area contributed by atoms with E-state index in [1.165, 1.54) is 26.2 Å². The van der Waals surface area contributed by atoms with Gasteiger partial charge in [-0.25, -0.2) is 4.79 Å². The summed E-state index contributed by atoms with van der Waals surface area (Å²) in [6, 6.07) is 2.91. The molecule has 0 aliphatic rings. The van der Waals surface area contributed by atoms with Crippen molar-refractivity contribution in [3.05, 3.63) is 22.7 Å². The van der Waals surface area contributed by atoms with Crippen molar-refractivity contribution in [1.82, 2.24) is 0 Å². The average molecular weight is 272 g/mol. The van der Waals surface area contributed by atoms with Crippen LogP contribution in [0.3, 0.4) is 0 Å². The normalized spacial score (nSPS) is 9.78. The van der Waals surface area contributed by atoms with E-state index in [2.05, 4.69) is 10.1 Å². The Bertz CT molecular complexity index is 473. The SMILES string of the molecule is CCOc1cc(NC(C)=O)c(Cl)cc1C(=O)OC. The van der Waals surface area contributed by atoms with Gasteiger partial charge < -0.3 is 14.8 Å². The van der Waals surface area contributed by atoms with Crippen LogP contribution in [0.4, 0.5) is 5.69 Å². The van der Waals surface area contributed by atoms with E-state index in [1.807, 2.05) is 0 Å². The minimum atomic E-state index is -0.547. The molecule has 5 nitrogen and oxygen atoms in total. The highest BCUT2D eigenvalue weighted by atomic mass is 35.5. The van der Waals surface area contributed by atoms with Gasteiger partial charge in [0.05, 0.1) is 24.4 Å². The summed E-state index contributed by atoms with van der Waals surface area (Å²) in [5.74, 6) is -0.489. The number of hydrogen-bond donors (Lipinski definition) is 1. The number of halogens is 1. The van der Waals surface area contributed by atoms with Crippen LogP contribution in [-0.4, -0.2) is 25.6 Å². The van der Waals surface area contributed by atoms with Crippen molar-refractivity contribution in [3.8, 4) is 5.75 Å². The average Bonchev–Trinajstić information content (AvgIpc) is 2.31. The number of benzene rings is 1. The Morgan fingerprint density at radius 3 is 2.56 bits per heavy atom. The van der Waals surface area contributed by atoms with E-state index in [9.17, 15) is 9.59 Å². The van der Waals surface area contributed by atoms with Crippen LogP contribution < -0.4 is 10.1 Å². The summed E-state index contributed by atoms with van der Waals surface area (Å²) in [4.78, 5) is 22.6. The summed E-state index contributed by atoms with van der Waals surface area (Å²) >= 11 is 5.97. The molecule has 0 fully saturated rings. The number of hydrogen-bond acceptors (Lipinski definition) is 4. The molecular weight excluding hydrogens is 258 g/mol. The molecule has 1 N–H and O–H groups in total. The number of ether oxygens (including phenoxy) is 2. The van der Waals surface area contributed by atoms with Crippen molar-refractivity contribution in [3.63, 3.8) is 0 Å². The minimum Gasteiger partial charge on any atom is -0.493 e. The van der Waals surface area contributed by atoms with E-state index in [-0.39, 0.29) is 16.5 Å². The number of esters is 1. The van der Waals surface area contributed by atoms with E-state index >= 15 is 0 Å². The van der Waals surface area contributed by atoms with Gasteiger partial charge in [-0.1, -0.05) is 11.6 Å². The van der Waals surface area contributed by atoms with Crippen LogP contribution >= 0.6 is 11.6 Å². The van der Waals surface area contributed by atoms with Crippen LogP contribution in [0.25, 0.3) is 0 Å². The van der Waals surface area contributed by atoms with E-state index < -0.39 is 5.97 Å². The highest BCUT2D eigenvalue weighted by molar-refractivity contribution is 6.34. The predicted molar refractivity (Wildman–Crippen MR) is 68.3 cm³/mol. The molecule has 0 spiro atoms. The largest absolute Gasteiger partial charge is 0.493 e. The van der Waals surface area contributed by atoms with Gasteiger partial charge >= 0.3 is 5.97 Å². The monoisotopic (exact) mass is 271 g/mol. The molecule has 0 aliphatic heterocycles. The first-order chi connectivity index (χ1) is 8.49. The summed E-state index contributed by atoms with van der Waals surface area (Å²) in [5.41, 5.74) is 0.610. The first-order valence-electron chi connectivity index (χ1n) is 5.31. The third-order valence-electron chi connectivity index (χ3n) is 2.09. The van der Waals surface area contributed by atoms with Crippen LogP contribution in [0.2, 0.25) is 5.02 Å². The second-order valence-electron chi connectivity index (χ2n) is 3.43. The van der Waals surface area contributed by atoms with Crippen LogP contribution in [-0.2, 0) is 9.53 Å². The highest BCUT2D eigenvalue weighted by Crippen LogP contribution is 2.31. The van der Waals surface area contributed by atoms with Crippen molar-refractivity contribution >= 4 is 29.2 Å². The molecule has 0 saturated carbocycles. The fourth-order valence-electron chi connectivity index (χ4n) is 1.38. The smallest absolute Gasteiger partial charge is 0.341 e. The zero-order valence-electron chi connectivity index (χ0n) is 10.4. The summed E-state index contributed by atoms with van der Waals surface area (Å²) in [7, 11) is 1.27. The molecule has 0 radical (unpaired) electrons. The molecule has 0 unspecified atom stereocenters. The lowest BCUT2D eigenvalue weighted by Gasteiger charge is -2.12. The van der Waals surface area contributed by atoms with Crippen LogP contribution in [0.1, 0.15) is 24.2 Å². The number of methoxy groups -OCH3 is 1. The molecule has 18 heavy (non-hydrogen) atoms. The van der Waals surface area contributed by atoms with Crippen molar-refractivity contribution < 1.29 is 19.1 Å². The maximum atomic E-state index is 11.5. The Labute approximate surface area is 110 Å². The molecule has 98 valence electrons. The number of amides is 1. The zero-order valence-corrected chi connectivity index (χ0v) is 11.1. The van der Waals surface area contributed by atoms with E-state index in [1.54, 1.807) is 6.92 Å². The van der Waals surface area contributed by atoms with Gasteiger partial charge in [0.1, 0.15) is 11.3 Å². The minimum absolute atomic E-state index is 0.221. The third kappa shape index (κ3) is 3.37. The fourth-order valence-corrected chi connectivity index (χ4v) is 1.59. The molecule has 0 heterocycles. The maximum Gasteiger partial charge on any atom is 0.341 e. The van der Waals surface area contributed by atoms with Crippen molar-refractivity contribution in [2.75, 3.05) is 19.0 Å². The summed E-state index contributed by atoms with van der Waals surface area (Å²) in [6.45, 7) is 3.53. The molecule has 0 aliphatic carbocycles. The number of rotatable bonds is 4.